The predicted octanol–water partition coefficient (Wildman–Crippen LogP) is 5.35. The fourth-order valence-electron chi connectivity index (χ4n) is 3.85. The van der Waals surface area contributed by atoms with Gasteiger partial charge in [-0.15, -0.1) is 0 Å². The van der Waals surface area contributed by atoms with E-state index in [0.29, 0.717) is 0 Å². The van der Waals surface area contributed by atoms with Crippen molar-refractivity contribution in [2.24, 2.45) is 0 Å². The lowest BCUT2D eigenvalue weighted by Gasteiger charge is -2.25. The molecular formula is C28H28OP2. The van der Waals surface area contributed by atoms with Gasteiger partial charge in [-0.05, 0) is 56.1 Å². The van der Waals surface area contributed by atoms with Gasteiger partial charge in [-0.25, -0.2) is 0 Å². The van der Waals surface area contributed by atoms with Crippen molar-refractivity contribution < 1.29 is 5.11 Å². The molecule has 1 nitrogen and oxygen atoms in total. The minimum absolute atomic E-state index is 0.344. The van der Waals surface area contributed by atoms with Gasteiger partial charge >= 0.3 is 0 Å². The van der Waals surface area contributed by atoms with Gasteiger partial charge in [0.1, 0.15) is 0 Å². The summed E-state index contributed by atoms with van der Waals surface area (Å²) < 4.78 is 0. The second kappa shape index (κ2) is 11.4. The van der Waals surface area contributed by atoms with Crippen LogP contribution in [0.1, 0.15) is 12.8 Å². The summed E-state index contributed by atoms with van der Waals surface area (Å²) in [7, 11) is -1.20. The molecule has 0 bridgehead atoms. The Morgan fingerprint density at radius 2 is 0.871 bits per heavy atom. The molecule has 0 spiro atoms. The van der Waals surface area contributed by atoms with Gasteiger partial charge in [0, 0.05) is 0 Å². The number of hydrogen-bond donors (Lipinski definition) is 1. The summed E-state index contributed by atoms with van der Waals surface area (Å²) in [4.78, 5) is 0. The Labute approximate surface area is 188 Å². The summed E-state index contributed by atoms with van der Waals surface area (Å²) in [6.07, 6.45) is 2.91. The van der Waals surface area contributed by atoms with E-state index < -0.39 is 15.8 Å². The number of hydrogen-bond acceptors (Lipinski definition) is 1. The van der Waals surface area contributed by atoms with Gasteiger partial charge < -0.3 is 5.11 Å². The summed E-state index contributed by atoms with van der Waals surface area (Å²) in [5, 5.41) is 16.6. The van der Waals surface area contributed by atoms with Crippen molar-refractivity contribution in [1.82, 2.24) is 0 Å². The van der Waals surface area contributed by atoms with Crippen LogP contribution in [0.4, 0.5) is 0 Å². The lowest BCUT2D eigenvalue weighted by molar-refractivity contribution is 0.248. The molecular weight excluding hydrogens is 414 g/mol. The highest BCUT2D eigenvalue weighted by molar-refractivity contribution is 7.73. The number of aliphatic hydroxyl groups excluding tert-OH is 1. The van der Waals surface area contributed by atoms with Gasteiger partial charge in [0.2, 0.25) is 0 Å². The highest BCUT2D eigenvalue weighted by Gasteiger charge is 2.23. The third-order valence-corrected chi connectivity index (χ3v) is 10.5. The summed E-state index contributed by atoms with van der Waals surface area (Å²) in [6, 6.07) is 42.7. The molecule has 0 amide bonds. The highest BCUT2D eigenvalue weighted by atomic mass is 31.1. The van der Waals surface area contributed by atoms with Gasteiger partial charge in [0.05, 0.1) is 5.85 Å². The van der Waals surface area contributed by atoms with Gasteiger partial charge in [0.25, 0.3) is 0 Å². The maximum Gasteiger partial charge on any atom is 0.0814 e. The smallest absolute Gasteiger partial charge is 0.0814 e. The van der Waals surface area contributed by atoms with Gasteiger partial charge in [0.15, 0.2) is 0 Å². The number of aliphatic hydroxyl groups is 1. The zero-order chi connectivity index (χ0) is 21.3. The van der Waals surface area contributed by atoms with Gasteiger partial charge in [-0.2, -0.15) is 0 Å². The fourth-order valence-corrected chi connectivity index (χ4v) is 8.65. The highest BCUT2D eigenvalue weighted by Crippen LogP contribution is 2.42. The molecule has 0 radical (unpaired) electrons. The zero-order valence-corrected chi connectivity index (χ0v) is 19.4. The SMILES string of the molecule is OC(CCCP(c1ccccc1)c1ccccc1)P(c1ccccc1)c1ccccc1. The van der Waals surface area contributed by atoms with Crippen molar-refractivity contribution in [1.29, 1.82) is 0 Å². The minimum Gasteiger partial charge on any atom is -0.388 e. The number of rotatable bonds is 9. The summed E-state index contributed by atoms with van der Waals surface area (Å²) >= 11 is 0. The molecule has 0 heterocycles. The van der Waals surface area contributed by atoms with Crippen LogP contribution >= 0.6 is 15.8 Å². The first-order valence-electron chi connectivity index (χ1n) is 10.8. The van der Waals surface area contributed by atoms with E-state index in [1.54, 1.807) is 0 Å². The maximum atomic E-state index is 11.3. The van der Waals surface area contributed by atoms with Crippen LogP contribution in [0, 0.1) is 0 Å². The molecule has 3 heteroatoms. The maximum absolute atomic E-state index is 11.3. The topological polar surface area (TPSA) is 20.2 Å². The second-order valence-electron chi connectivity index (χ2n) is 7.49. The largest absolute Gasteiger partial charge is 0.388 e. The van der Waals surface area contributed by atoms with Crippen molar-refractivity contribution in [2.45, 2.75) is 18.7 Å². The molecule has 0 saturated heterocycles. The molecule has 0 aliphatic carbocycles. The van der Waals surface area contributed by atoms with Gasteiger partial charge in [-0.1, -0.05) is 121 Å². The molecule has 4 aromatic carbocycles. The Bertz CT molecular complexity index is 945. The van der Waals surface area contributed by atoms with Crippen LogP contribution in [0.15, 0.2) is 121 Å². The van der Waals surface area contributed by atoms with Crippen molar-refractivity contribution >= 4 is 37.1 Å². The quantitative estimate of drug-likeness (QED) is 0.347. The first kappa shape index (κ1) is 21.9. The number of benzene rings is 4. The van der Waals surface area contributed by atoms with Crippen LogP contribution in [-0.2, 0) is 0 Å². The molecule has 1 N–H and O–H groups in total. The normalized spacial score (nSPS) is 12.2. The Hall–Kier alpha value is -2.30. The van der Waals surface area contributed by atoms with E-state index in [4.69, 9.17) is 0 Å². The Morgan fingerprint density at radius 3 is 1.26 bits per heavy atom. The van der Waals surface area contributed by atoms with E-state index in [9.17, 15) is 5.11 Å². The lowest BCUT2D eigenvalue weighted by Crippen LogP contribution is -2.22. The average Bonchev–Trinajstić information content (AvgIpc) is 2.84. The molecule has 0 aliphatic rings. The molecule has 4 aromatic rings. The molecule has 0 saturated carbocycles. The molecule has 4 rings (SSSR count). The van der Waals surface area contributed by atoms with Crippen molar-refractivity contribution in [3.63, 3.8) is 0 Å². The summed E-state index contributed by atoms with van der Waals surface area (Å²) in [5.74, 6) is -0.344. The molecule has 0 fully saturated rings. The molecule has 0 aromatic heterocycles. The summed E-state index contributed by atoms with van der Waals surface area (Å²) in [6.45, 7) is 0. The first-order valence-corrected chi connectivity index (χ1v) is 13.7. The Morgan fingerprint density at radius 1 is 0.516 bits per heavy atom. The average molecular weight is 442 g/mol. The first-order chi connectivity index (χ1) is 15.3. The third-order valence-electron chi connectivity index (χ3n) is 5.35. The summed E-state index contributed by atoms with van der Waals surface area (Å²) in [5.41, 5.74) is 0. The van der Waals surface area contributed by atoms with Crippen LogP contribution in [0.5, 0.6) is 0 Å². The van der Waals surface area contributed by atoms with Crippen LogP contribution in [-0.4, -0.2) is 17.1 Å². The van der Waals surface area contributed by atoms with E-state index in [0.717, 1.165) is 19.0 Å². The van der Waals surface area contributed by atoms with Crippen molar-refractivity contribution in [2.75, 3.05) is 6.16 Å². The van der Waals surface area contributed by atoms with E-state index in [-0.39, 0.29) is 5.85 Å². The van der Waals surface area contributed by atoms with Crippen molar-refractivity contribution in [3.05, 3.63) is 121 Å². The van der Waals surface area contributed by atoms with Crippen molar-refractivity contribution in [3.8, 4) is 0 Å². The van der Waals surface area contributed by atoms with E-state index in [2.05, 4.69) is 109 Å². The minimum atomic E-state index is -0.789. The molecule has 31 heavy (non-hydrogen) atoms. The van der Waals surface area contributed by atoms with Crippen LogP contribution < -0.4 is 21.2 Å². The van der Waals surface area contributed by atoms with Crippen LogP contribution in [0.2, 0.25) is 0 Å². The fraction of sp³-hybridized carbons (Fsp3) is 0.143. The molecule has 0 aliphatic heterocycles. The van der Waals surface area contributed by atoms with E-state index >= 15 is 0 Å². The van der Waals surface area contributed by atoms with Crippen LogP contribution in [0.3, 0.4) is 0 Å². The van der Waals surface area contributed by atoms with E-state index in [1.807, 2.05) is 12.1 Å². The second-order valence-corrected chi connectivity index (χ2v) is 12.2. The third kappa shape index (κ3) is 5.90. The Kier molecular flexibility index (Phi) is 8.03. The van der Waals surface area contributed by atoms with Gasteiger partial charge in [-0.3, -0.25) is 0 Å². The predicted molar refractivity (Wildman–Crippen MR) is 138 cm³/mol. The molecule has 1 unspecified atom stereocenters. The zero-order valence-electron chi connectivity index (χ0n) is 17.6. The van der Waals surface area contributed by atoms with E-state index in [1.165, 1.54) is 21.2 Å². The van der Waals surface area contributed by atoms with Crippen LogP contribution in [0.25, 0.3) is 0 Å². The monoisotopic (exact) mass is 442 g/mol. The Balaban J connectivity index is 1.50. The molecule has 156 valence electrons. The molecule has 1 atom stereocenters. The lowest BCUT2D eigenvalue weighted by atomic mass is 10.3. The standard InChI is InChI=1S/C28H28OP2/c29-28(31(26-18-9-3-10-19-26)27-20-11-4-12-21-27)22-13-23-30(24-14-5-1-6-15-24)25-16-7-2-8-17-25/h1-12,14-21,28-29H,13,22-23H2.